The Hall–Kier alpha value is -0.340. The Morgan fingerprint density at radius 1 is 0.900 bits per heavy atom. The summed E-state index contributed by atoms with van der Waals surface area (Å²) in [7, 11) is 0. The van der Waals surface area contributed by atoms with Gasteiger partial charge in [0.15, 0.2) is 0 Å². The molecule has 0 amide bonds. The molecule has 2 heteroatoms. The van der Waals surface area contributed by atoms with Crippen molar-refractivity contribution < 1.29 is 10.2 Å². The summed E-state index contributed by atoms with van der Waals surface area (Å²) < 4.78 is 0. The lowest BCUT2D eigenvalue weighted by Crippen LogP contribution is -2.31. The molecule has 2 nitrogen and oxygen atoms in total. The monoisotopic (exact) mass is 280 g/mol. The molecule has 0 aromatic rings. The van der Waals surface area contributed by atoms with Crippen molar-refractivity contribution in [2.45, 2.75) is 83.8 Å². The van der Waals surface area contributed by atoms with E-state index >= 15 is 0 Å². The Kier molecular flexibility index (Phi) is 5.30. The Morgan fingerprint density at radius 2 is 1.35 bits per heavy atom. The second kappa shape index (κ2) is 6.62. The first-order chi connectivity index (χ1) is 9.38. The van der Waals surface area contributed by atoms with Crippen molar-refractivity contribution in [1.82, 2.24) is 0 Å². The van der Waals surface area contributed by atoms with Crippen LogP contribution in [0, 0.1) is 17.3 Å². The standard InChI is InChI=1S/C18H32O2/c1-13(14-4-8-16(19)9-5-14)12-18(2,3)15-6-10-17(20)11-7-15/h14-17,19-20H,1,4-12H2,2-3H3. The number of allylic oxidation sites excluding steroid dienone is 1. The maximum absolute atomic E-state index is 9.66. The van der Waals surface area contributed by atoms with Gasteiger partial charge in [0.25, 0.3) is 0 Å². The lowest BCUT2D eigenvalue weighted by atomic mass is 9.66. The Morgan fingerprint density at radius 3 is 1.85 bits per heavy atom. The number of aliphatic hydroxyl groups is 2. The molecular weight excluding hydrogens is 248 g/mol. The van der Waals surface area contributed by atoms with Crippen LogP contribution in [0.25, 0.3) is 0 Å². The van der Waals surface area contributed by atoms with Crippen LogP contribution in [-0.2, 0) is 0 Å². The second-order valence-electron chi connectivity index (χ2n) is 7.83. The largest absolute Gasteiger partial charge is 0.393 e. The second-order valence-corrected chi connectivity index (χ2v) is 7.83. The topological polar surface area (TPSA) is 40.5 Å². The third-order valence-electron chi connectivity index (χ3n) is 5.76. The van der Waals surface area contributed by atoms with E-state index in [-0.39, 0.29) is 12.2 Å². The zero-order chi connectivity index (χ0) is 14.8. The van der Waals surface area contributed by atoms with E-state index in [1.165, 1.54) is 5.57 Å². The Bertz CT molecular complexity index is 318. The molecule has 0 aliphatic heterocycles. The fraction of sp³-hybridized carbons (Fsp3) is 0.889. The van der Waals surface area contributed by atoms with Gasteiger partial charge in [-0.05, 0) is 75.0 Å². The average Bonchev–Trinajstić information content (AvgIpc) is 2.39. The molecule has 2 fully saturated rings. The minimum absolute atomic E-state index is 0.0647. The van der Waals surface area contributed by atoms with Gasteiger partial charge in [0.05, 0.1) is 12.2 Å². The predicted octanol–water partition coefficient (Wildman–Crippen LogP) is 4.06. The molecule has 2 rings (SSSR count). The summed E-state index contributed by atoms with van der Waals surface area (Å²) in [5, 5.41) is 19.3. The zero-order valence-corrected chi connectivity index (χ0v) is 13.3. The molecular formula is C18H32O2. The minimum Gasteiger partial charge on any atom is -0.393 e. The van der Waals surface area contributed by atoms with Crippen LogP contribution in [0.3, 0.4) is 0 Å². The SMILES string of the molecule is C=C(CC(C)(C)C1CCC(O)CC1)C1CCC(O)CC1. The summed E-state index contributed by atoms with van der Waals surface area (Å²) >= 11 is 0. The number of rotatable bonds is 4. The van der Waals surface area contributed by atoms with Gasteiger partial charge in [-0.3, -0.25) is 0 Å². The summed E-state index contributed by atoms with van der Waals surface area (Å²) in [6.45, 7) is 9.11. The molecule has 0 heterocycles. The number of hydrogen-bond donors (Lipinski definition) is 2. The van der Waals surface area contributed by atoms with Crippen LogP contribution in [-0.4, -0.2) is 22.4 Å². The molecule has 0 aromatic carbocycles. The van der Waals surface area contributed by atoms with E-state index < -0.39 is 0 Å². The van der Waals surface area contributed by atoms with Gasteiger partial charge < -0.3 is 10.2 Å². The molecule has 2 N–H and O–H groups in total. The van der Waals surface area contributed by atoms with E-state index in [9.17, 15) is 10.2 Å². The predicted molar refractivity (Wildman–Crippen MR) is 83.5 cm³/mol. The molecule has 0 atom stereocenters. The van der Waals surface area contributed by atoms with E-state index in [0.29, 0.717) is 11.3 Å². The molecule has 2 aliphatic carbocycles. The van der Waals surface area contributed by atoms with Crippen LogP contribution in [0.15, 0.2) is 12.2 Å². The van der Waals surface area contributed by atoms with Gasteiger partial charge in [-0.1, -0.05) is 26.0 Å². The highest BCUT2D eigenvalue weighted by atomic mass is 16.3. The summed E-state index contributed by atoms with van der Waals surface area (Å²) in [5.41, 5.74) is 1.70. The summed E-state index contributed by atoms with van der Waals surface area (Å²) in [6.07, 6.45) is 9.33. The van der Waals surface area contributed by atoms with E-state index in [0.717, 1.165) is 63.7 Å². The number of aliphatic hydroxyl groups excluding tert-OH is 2. The Labute approximate surface area is 124 Å². The molecule has 2 saturated carbocycles. The summed E-state index contributed by atoms with van der Waals surface area (Å²) in [5.74, 6) is 1.34. The lowest BCUT2D eigenvalue weighted by Gasteiger charge is -2.40. The molecule has 0 unspecified atom stereocenters. The quantitative estimate of drug-likeness (QED) is 0.762. The summed E-state index contributed by atoms with van der Waals surface area (Å²) in [4.78, 5) is 0. The molecule has 0 radical (unpaired) electrons. The molecule has 0 spiro atoms. The molecule has 2 aliphatic rings. The van der Waals surface area contributed by atoms with Gasteiger partial charge in [-0.15, -0.1) is 0 Å². The van der Waals surface area contributed by atoms with Crippen LogP contribution >= 0.6 is 0 Å². The maximum atomic E-state index is 9.66. The van der Waals surface area contributed by atoms with Crippen molar-refractivity contribution >= 4 is 0 Å². The highest BCUT2D eigenvalue weighted by Gasteiger charge is 2.34. The Balaban J connectivity index is 1.85. The first-order valence-corrected chi connectivity index (χ1v) is 8.42. The van der Waals surface area contributed by atoms with E-state index in [1.807, 2.05) is 0 Å². The fourth-order valence-corrected chi connectivity index (χ4v) is 4.22. The minimum atomic E-state index is -0.0770. The van der Waals surface area contributed by atoms with Crippen molar-refractivity contribution in [2.24, 2.45) is 17.3 Å². The zero-order valence-electron chi connectivity index (χ0n) is 13.3. The van der Waals surface area contributed by atoms with Crippen molar-refractivity contribution in [2.75, 3.05) is 0 Å². The van der Waals surface area contributed by atoms with Gasteiger partial charge in [0.1, 0.15) is 0 Å². The van der Waals surface area contributed by atoms with Gasteiger partial charge in [-0.25, -0.2) is 0 Å². The van der Waals surface area contributed by atoms with Crippen LogP contribution in [0.4, 0.5) is 0 Å². The van der Waals surface area contributed by atoms with Crippen LogP contribution in [0.1, 0.15) is 71.6 Å². The highest BCUT2D eigenvalue weighted by molar-refractivity contribution is 5.06. The van der Waals surface area contributed by atoms with Crippen molar-refractivity contribution in [3.05, 3.63) is 12.2 Å². The van der Waals surface area contributed by atoms with Gasteiger partial charge in [0.2, 0.25) is 0 Å². The average molecular weight is 280 g/mol. The lowest BCUT2D eigenvalue weighted by molar-refractivity contribution is 0.0631. The van der Waals surface area contributed by atoms with Crippen molar-refractivity contribution in [1.29, 1.82) is 0 Å². The van der Waals surface area contributed by atoms with Gasteiger partial charge >= 0.3 is 0 Å². The normalized spacial score (nSPS) is 35.8. The van der Waals surface area contributed by atoms with Crippen molar-refractivity contribution in [3.8, 4) is 0 Å². The third kappa shape index (κ3) is 4.08. The molecule has 0 aromatic heterocycles. The molecule has 116 valence electrons. The fourth-order valence-electron chi connectivity index (χ4n) is 4.22. The highest BCUT2D eigenvalue weighted by Crippen LogP contribution is 2.44. The van der Waals surface area contributed by atoms with E-state index in [1.54, 1.807) is 0 Å². The first-order valence-electron chi connectivity index (χ1n) is 8.42. The van der Waals surface area contributed by atoms with Gasteiger partial charge in [0, 0.05) is 0 Å². The van der Waals surface area contributed by atoms with Crippen molar-refractivity contribution in [3.63, 3.8) is 0 Å². The molecule has 20 heavy (non-hydrogen) atoms. The van der Waals surface area contributed by atoms with Gasteiger partial charge in [-0.2, -0.15) is 0 Å². The number of hydrogen-bond acceptors (Lipinski definition) is 2. The molecule has 0 bridgehead atoms. The van der Waals surface area contributed by atoms with Crippen LogP contribution in [0.2, 0.25) is 0 Å². The third-order valence-corrected chi connectivity index (χ3v) is 5.76. The van der Waals surface area contributed by atoms with Crippen LogP contribution in [0.5, 0.6) is 0 Å². The first kappa shape index (κ1) is 16.0. The van der Waals surface area contributed by atoms with Crippen LogP contribution < -0.4 is 0 Å². The van der Waals surface area contributed by atoms with E-state index in [4.69, 9.17) is 0 Å². The smallest absolute Gasteiger partial charge is 0.0540 e. The molecule has 0 saturated heterocycles. The maximum Gasteiger partial charge on any atom is 0.0540 e. The summed E-state index contributed by atoms with van der Waals surface area (Å²) in [6, 6.07) is 0. The van der Waals surface area contributed by atoms with E-state index in [2.05, 4.69) is 20.4 Å².